The molecule has 1 N–H and O–H groups in total. The van der Waals surface area contributed by atoms with E-state index in [1.165, 1.54) is 12.3 Å². The standard InChI is InChI=1S/C18H15ClN2O6S2/c1-9-5-13-14(26-8-25-13)7-11(9)6-12(22)17-15(3-4-28-17)29(23,24)21-18-16(19)10(2)20-27-18/h3-5,7,21H,6,8H2,1-2H3/i2D3,5D,6D2,7D,8D. The fraction of sp³-hybridized carbons (Fsp3) is 0.222. The Morgan fingerprint density at radius 2 is 2.24 bits per heavy atom. The zero-order chi connectivity index (χ0) is 27.7. The lowest BCUT2D eigenvalue weighted by atomic mass is 10.0. The van der Waals surface area contributed by atoms with E-state index in [2.05, 4.69) is 5.16 Å². The SMILES string of the molecule is [2H]c1c(C)c(C([2H])([2H])C(=O)c2sccc2S(=O)(=O)Nc2onc(C([2H])([2H])[2H])c2Cl)c([2H])c2c1OC([2H])O2. The van der Waals surface area contributed by atoms with Crippen LogP contribution in [-0.2, 0) is 16.4 Å². The number of hydrogen-bond donors (Lipinski definition) is 1. The summed E-state index contributed by atoms with van der Waals surface area (Å²) in [7, 11) is -4.67. The average Bonchev–Trinajstić information content (AvgIpc) is 3.50. The third-order valence-electron chi connectivity index (χ3n) is 3.68. The van der Waals surface area contributed by atoms with E-state index in [-0.39, 0.29) is 17.1 Å². The number of ether oxygens (including phenoxy) is 2. The second-order valence-corrected chi connectivity index (χ2v) is 8.53. The number of aromatic nitrogens is 1. The van der Waals surface area contributed by atoms with E-state index < -0.39 is 79.8 Å². The number of rotatable bonds is 6. The van der Waals surface area contributed by atoms with E-state index in [4.69, 9.17) is 36.6 Å². The Balaban J connectivity index is 1.74. The number of thiophene rings is 1. The molecule has 4 rings (SSSR count). The van der Waals surface area contributed by atoms with Crippen molar-refractivity contribution in [1.29, 1.82) is 0 Å². The molecule has 0 radical (unpaired) electrons. The van der Waals surface area contributed by atoms with E-state index in [0.29, 0.717) is 11.3 Å². The summed E-state index contributed by atoms with van der Waals surface area (Å²) in [6, 6.07) is -0.000527. The van der Waals surface area contributed by atoms with Crippen LogP contribution in [0.15, 0.2) is 32.9 Å². The van der Waals surface area contributed by atoms with Gasteiger partial charge in [0, 0.05) is 13.2 Å². The molecule has 0 spiro atoms. The molecule has 0 aliphatic carbocycles. The summed E-state index contributed by atoms with van der Waals surface area (Å²) in [5.74, 6) is -2.68. The maximum absolute atomic E-state index is 13.4. The van der Waals surface area contributed by atoms with E-state index in [0.717, 1.165) is 6.07 Å². The van der Waals surface area contributed by atoms with E-state index in [1.54, 1.807) is 0 Å². The number of hydrogen-bond acceptors (Lipinski definition) is 8. The van der Waals surface area contributed by atoms with Crippen LogP contribution in [0.25, 0.3) is 0 Å². The predicted octanol–water partition coefficient (Wildman–Crippen LogP) is 3.96. The normalized spacial score (nSPS) is 20.4. The molecule has 3 heterocycles. The zero-order valence-electron chi connectivity index (χ0n) is 22.3. The van der Waals surface area contributed by atoms with Gasteiger partial charge in [-0.25, -0.2) is 13.1 Å². The lowest BCUT2D eigenvalue weighted by Gasteiger charge is -2.09. The minimum Gasteiger partial charge on any atom is -0.454 e. The molecule has 0 amide bonds. The highest BCUT2D eigenvalue weighted by molar-refractivity contribution is 7.93. The number of Topliss-reactive ketones (excluding diaryl/α,β-unsaturated/α-hetero) is 1. The van der Waals surface area contributed by atoms with Gasteiger partial charge in [-0.1, -0.05) is 16.8 Å². The number of nitrogens with one attached hydrogen (secondary N) is 1. The zero-order valence-corrected chi connectivity index (χ0v) is 16.7. The average molecular weight is 463 g/mol. The van der Waals surface area contributed by atoms with Crippen LogP contribution in [0, 0.1) is 13.8 Å². The van der Waals surface area contributed by atoms with Gasteiger partial charge in [-0.2, -0.15) is 0 Å². The second kappa shape index (κ2) is 7.36. The molecular formula is C18H15ClN2O6S2. The van der Waals surface area contributed by atoms with Crippen molar-refractivity contribution in [3.05, 3.63) is 50.3 Å². The third kappa shape index (κ3) is 3.70. The Morgan fingerprint density at radius 1 is 1.48 bits per heavy atom. The van der Waals surface area contributed by atoms with Gasteiger partial charge in [0.15, 0.2) is 17.3 Å². The quantitative estimate of drug-likeness (QED) is 0.552. The third-order valence-corrected chi connectivity index (χ3v) is 6.45. The van der Waals surface area contributed by atoms with Gasteiger partial charge < -0.3 is 14.0 Å². The van der Waals surface area contributed by atoms with Crippen LogP contribution in [0.2, 0.25) is 5.02 Å². The van der Waals surface area contributed by atoms with E-state index in [1.807, 2.05) is 4.72 Å². The number of carbonyl (C=O) groups excluding carboxylic acids is 1. The van der Waals surface area contributed by atoms with Gasteiger partial charge in [0.2, 0.25) is 6.77 Å². The Labute approximate surface area is 186 Å². The van der Waals surface area contributed by atoms with Crippen molar-refractivity contribution in [1.82, 2.24) is 5.16 Å². The summed E-state index contributed by atoms with van der Waals surface area (Å²) in [4.78, 5) is 12.1. The molecule has 1 unspecified atom stereocenters. The molecule has 0 bridgehead atoms. The second-order valence-electron chi connectivity index (χ2n) is 5.59. The molecule has 0 saturated carbocycles. The fourth-order valence-electron chi connectivity index (χ4n) is 2.33. The first-order valence-electron chi connectivity index (χ1n) is 11.8. The molecule has 0 fully saturated rings. The van der Waals surface area contributed by atoms with Crippen LogP contribution in [0.4, 0.5) is 5.88 Å². The topological polar surface area (TPSA) is 108 Å². The molecule has 1 aliphatic rings. The van der Waals surface area contributed by atoms with Gasteiger partial charge in [0.05, 0.1) is 7.62 Å². The van der Waals surface area contributed by atoms with Gasteiger partial charge in [-0.05, 0) is 48.4 Å². The van der Waals surface area contributed by atoms with Gasteiger partial charge in [-0.3, -0.25) is 4.79 Å². The number of aryl methyl sites for hydroxylation is 1. The van der Waals surface area contributed by atoms with Gasteiger partial charge in [0.25, 0.3) is 15.9 Å². The van der Waals surface area contributed by atoms with Crippen LogP contribution in [0.1, 0.15) is 37.5 Å². The molecular weight excluding hydrogens is 440 g/mol. The molecule has 2 aromatic heterocycles. The van der Waals surface area contributed by atoms with Gasteiger partial charge in [-0.15, -0.1) is 11.3 Å². The van der Waals surface area contributed by atoms with Crippen molar-refractivity contribution in [3.8, 4) is 11.5 Å². The minimum atomic E-state index is -4.67. The Morgan fingerprint density at radius 3 is 2.97 bits per heavy atom. The summed E-state index contributed by atoms with van der Waals surface area (Å²) in [5, 5.41) is 3.85. The number of fused-ring (bicyclic) bond motifs is 1. The first kappa shape index (κ1) is 12.2. The van der Waals surface area contributed by atoms with Crippen molar-refractivity contribution in [2.75, 3.05) is 11.5 Å². The summed E-state index contributed by atoms with van der Waals surface area (Å²) < 4.78 is 106. The molecule has 1 aliphatic heterocycles. The first-order valence-corrected chi connectivity index (χ1v) is 10.4. The van der Waals surface area contributed by atoms with Crippen LogP contribution >= 0.6 is 22.9 Å². The number of halogens is 1. The largest absolute Gasteiger partial charge is 0.454 e. The Kier molecular flexibility index (Phi) is 3.10. The highest BCUT2D eigenvalue weighted by atomic mass is 35.5. The maximum atomic E-state index is 13.4. The van der Waals surface area contributed by atoms with E-state index >= 15 is 0 Å². The molecule has 152 valence electrons. The number of anilines is 1. The predicted molar refractivity (Wildman–Crippen MR) is 107 cm³/mol. The maximum Gasteiger partial charge on any atom is 0.265 e. The molecule has 3 aromatic rings. The summed E-state index contributed by atoms with van der Waals surface area (Å²) in [6.45, 7) is -3.09. The van der Waals surface area contributed by atoms with Crippen LogP contribution in [0.5, 0.6) is 11.5 Å². The summed E-state index contributed by atoms with van der Waals surface area (Å²) >= 11 is 6.50. The van der Waals surface area contributed by atoms with E-state index in [9.17, 15) is 13.2 Å². The molecule has 8 nitrogen and oxygen atoms in total. The molecule has 1 atom stereocenters. The number of benzene rings is 1. The van der Waals surface area contributed by atoms with Gasteiger partial charge in [0.1, 0.15) is 17.0 Å². The number of ketones is 1. The molecule has 1 aromatic carbocycles. The Bertz CT molecular complexity index is 1540. The van der Waals surface area contributed by atoms with Crippen LogP contribution in [-0.4, -0.2) is 26.1 Å². The highest BCUT2D eigenvalue weighted by Crippen LogP contribution is 2.36. The molecule has 29 heavy (non-hydrogen) atoms. The number of carbonyl (C=O) groups is 1. The number of nitrogens with zero attached hydrogens (tertiary/aromatic N) is 1. The summed E-state index contributed by atoms with van der Waals surface area (Å²) in [5.41, 5.74) is -1.37. The van der Waals surface area contributed by atoms with Crippen molar-refractivity contribution >= 4 is 44.6 Å². The van der Waals surface area contributed by atoms with Gasteiger partial charge >= 0.3 is 0 Å². The molecule has 11 heteroatoms. The Hall–Kier alpha value is -2.56. The van der Waals surface area contributed by atoms with Crippen LogP contribution < -0.4 is 14.2 Å². The fourth-order valence-corrected chi connectivity index (χ4v) is 4.82. The van der Waals surface area contributed by atoms with Crippen molar-refractivity contribution in [3.63, 3.8) is 0 Å². The summed E-state index contributed by atoms with van der Waals surface area (Å²) in [6.07, 6.45) is -3.01. The van der Waals surface area contributed by atoms with Crippen molar-refractivity contribution in [2.45, 2.75) is 25.0 Å². The lowest BCUT2D eigenvalue weighted by molar-refractivity contribution is 0.0994. The minimum absolute atomic E-state index is 0.135. The van der Waals surface area contributed by atoms with Crippen molar-refractivity contribution in [2.24, 2.45) is 0 Å². The van der Waals surface area contributed by atoms with Crippen molar-refractivity contribution < 1.29 is 38.2 Å². The lowest BCUT2D eigenvalue weighted by Crippen LogP contribution is -2.16. The molecule has 0 saturated heterocycles. The monoisotopic (exact) mass is 462 g/mol. The first-order chi connectivity index (χ1) is 17.0. The van der Waals surface area contributed by atoms with Crippen LogP contribution in [0.3, 0.4) is 0 Å². The number of sulfonamides is 1. The highest BCUT2D eigenvalue weighted by Gasteiger charge is 2.27. The smallest absolute Gasteiger partial charge is 0.265 e.